The second-order valence-electron chi connectivity index (χ2n) is 4.27. The van der Waals surface area contributed by atoms with Crippen molar-refractivity contribution in [2.45, 2.75) is 25.3 Å². The van der Waals surface area contributed by atoms with Crippen LogP contribution < -0.4 is 5.32 Å². The first-order valence-corrected chi connectivity index (χ1v) is 5.25. The predicted octanol–water partition coefficient (Wildman–Crippen LogP) is 2.68. The molecule has 1 nitrogen and oxygen atoms in total. The molecule has 3 unspecified atom stereocenters. The molecule has 0 heterocycles. The second kappa shape index (κ2) is 3.89. The van der Waals surface area contributed by atoms with Gasteiger partial charge in [-0.2, -0.15) is 0 Å². The van der Waals surface area contributed by atoms with Crippen LogP contribution in [0.5, 0.6) is 0 Å². The number of benzene rings is 1. The fourth-order valence-corrected chi connectivity index (χ4v) is 2.35. The van der Waals surface area contributed by atoms with Gasteiger partial charge in [-0.1, -0.05) is 13.0 Å². The molecule has 0 aliphatic heterocycles. The maximum Gasteiger partial charge on any atom is 0.159 e. The van der Waals surface area contributed by atoms with Gasteiger partial charge in [0.1, 0.15) is 0 Å². The van der Waals surface area contributed by atoms with E-state index >= 15 is 0 Å². The lowest BCUT2D eigenvalue weighted by Crippen LogP contribution is -2.46. The van der Waals surface area contributed by atoms with Crippen LogP contribution in [0.15, 0.2) is 18.2 Å². The summed E-state index contributed by atoms with van der Waals surface area (Å²) in [5.74, 6) is -0.666. The molecule has 3 atom stereocenters. The van der Waals surface area contributed by atoms with E-state index in [-0.39, 0.29) is 0 Å². The zero-order chi connectivity index (χ0) is 11.0. The van der Waals surface area contributed by atoms with Crippen molar-refractivity contribution in [3.63, 3.8) is 0 Å². The Hall–Kier alpha value is -0.960. The fourth-order valence-electron chi connectivity index (χ4n) is 2.35. The van der Waals surface area contributed by atoms with Gasteiger partial charge in [0.15, 0.2) is 11.6 Å². The van der Waals surface area contributed by atoms with E-state index in [0.717, 1.165) is 12.0 Å². The zero-order valence-corrected chi connectivity index (χ0v) is 8.93. The molecule has 0 spiro atoms. The van der Waals surface area contributed by atoms with E-state index in [1.54, 1.807) is 6.07 Å². The molecule has 1 N–H and O–H groups in total. The van der Waals surface area contributed by atoms with Crippen LogP contribution in [0.2, 0.25) is 0 Å². The third-order valence-corrected chi connectivity index (χ3v) is 3.52. The van der Waals surface area contributed by atoms with Gasteiger partial charge in [0, 0.05) is 6.04 Å². The number of halogens is 2. The van der Waals surface area contributed by atoms with Crippen LogP contribution in [-0.4, -0.2) is 13.1 Å². The first-order chi connectivity index (χ1) is 7.13. The molecule has 1 aromatic carbocycles. The molecule has 0 aromatic heterocycles. The molecule has 0 radical (unpaired) electrons. The van der Waals surface area contributed by atoms with Crippen molar-refractivity contribution < 1.29 is 8.78 Å². The number of nitrogens with one attached hydrogen (secondary N) is 1. The van der Waals surface area contributed by atoms with Gasteiger partial charge in [-0.15, -0.1) is 0 Å². The molecule has 0 saturated heterocycles. The lowest BCUT2D eigenvalue weighted by Gasteiger charge is -2.43. The minimum absolute atomic E-state index is 0.359. The van der Waals surface area contributed by atoms with Gasteiger partial charge in [-0.25, -0.2) is 8.78 Å². The third-order valence-electron chi connectivity index (χ3n) is 3.52. The molecular weight excluding hydrogens is 196 g/mol. The maximum absolute atomic E-state index is 13.0. The van der Waals surface area contributed by atoms with Crippen LogP contribution in [0.1, 0.15) is 24.8 Å². The Morgan fingerprint density at radius 2 is 2.00 bits per heavy atom. The average Bonchev–Trinajstić information content (AvgIpc) is 2.22. The summed E-state index contributed by atoms with van der Waals surface area (Å²) in [4.78, 5) is 0. The Labute approximate surface area is 88.5 Å². The van der Waals surface area contributed by atoms with Crippen molar-refractivity contribution in [1.29, 1.82) is 0 Å². The molecule has 1 aromatic rings. The van der Waals surface area contributed by atoms with Crippen molar-refractivity contribution in [3.05, 3.63) is 35.4 Å². The summed E-state index contributed by atoms with van der Waals surface area (Å²) in [5, 5.41) is 3.21. The van der Waals surface area contributed by atoms with Crippen LogP contribution in [-0.2, 0) is 0 Å². The van der Waals surface area contributed by atoms with Crippen molar-refractivity contribution >= 4 is 0 Å². The lowest BCUT2D eigenvalue weighted by molar-refractivity contribution is 0.194. The van der Waals surface area contributed by atoms with Gasteiger partial charge >= 0.3 is 0 Å². The molecule has 3 heteroatoms. The highest BCUT2D eigenvalue weighted by Crippen LogP contribution is 2.42. The lowest BCUT2D eigenvalue weighted by atomic mass is 9.67. The van der Waals surface area contributed by atoms with E-state index < -0.39 is 11.6 Å². The Balaban J connectivity index is 2.15. The Kier molecular flexibility index (Phi) is 2.74. The summed E-state index contributed by atoms with van der Waals surface area (Å²) in [6.45, 7) is 2.14. The predicted molar refractivity (Wildman–Crippen MR) is 55.7 cm³/mol. The molecule has 1 aliphatic carbocycles. The Morgan fingerprint density at radius 3 is 2.53 bits per heavy atom. The van der Waals surface area contributed by atoms with Gasteiger partial charge in [0.05, 0.1) is 0 Å². The van der Waals surface area contributed by atoms with Gasteiger partial charge in [0.2, 0.25) is 0 Å². The van der Waals surface area contributed by atoms with Gasteiger partial charge < -0.3 is 5.32 Å². The molecule has 1 saturated carbocycles. The standard InChI is InChI=1S/C12H15F2N/c1-7-9(6-12(7)15-2)8-3-4-10(13)11(14)5-8/h3-5,7,9,12,15H,6H2,1-2H3. The van der Waals surface area contributed by atoms with Crippen molar-refractivity contribution in [1.82, 2.24) is 5.32 Å². The topological polar surface area (TPSA) is 12.0 Å². The van der Waals surface area contributed by atoms with Crippen molar-refractivity contribution in [3.8, 4) is 0 Å². The second-order valence-corrected chi connectivity index (χ2v) is 4.27. The van der Waals surface area contributed by atoms with E-state index in [2.05, 4.69) is 12.2 Å². The number of rotatable bonds is 2. The average molecular weight is 211 g/mol. The van der Waals surface area contributed by atoms with Crippen LogP contribution in [0.4, 0.5) is 8.78 Å². The monoisotopic (exact) mass is 211 g/mol. The molecule has 0 amide bonds. The summed E-state index contributed by atoms with van der Waals surface area (Å²) in [6.07, 6.45) is 1.00. The molecule has 1 aliphatic rings. The molecular formula is C12H15F2N. The largest absolute Gasteiger partial charge is 0.317 e. The van der Waals surface area contributed by atoms with Crippen LogP contribution in [0.3, 0.4) is 0 Å². The van der Waals surface area contributed by atoms with Crippen LogP contribution in [0.25, 0.3) is 0 Å². The summed E-state index contributed by atoms with van der Waals surface area (Å²) in [5.41, 5.74) is 0.910. The maximum atomic E-state index is 13.0. The Morgan fingerprint density at radius 1 is 1.27 bits per heavy atom. The summed E-state index contributed by atoms with van der Waals surface area (Å²) in [7, 11) is 1.93. The molecule has 0 bridgehead atoms. The normalized spacial score (nSPS) is 30.0. The van der Waals surface area contributed by atoms with Gasteiger partial charge in [-0.05, 0) is 43.0 Å². The number of hydrogen-bond donors (Lipinski definition) is 1. The highest BCUT2D eigenvalue weighted by molar-refractivity contribution is 5.26. The smallest absolute Gasteiger partial charge is 0.159 e. The minimum Gasteiger partial charge on any atom is -0.317 e. The zero-order valence-electron chi connectivity index (χ0n) is 8.93. The Bertz CT molecular complexity index is 365. The quantitative estimate of drug-likeness (QED) is 0.793. The number of hydrogen-bond acceptors (Lipinski definition) is 1. The van der Waals surface area contributed by atoms with Crippen LogP contribution >= 0.6 is 0 Å². The summed E-state index contributed by atoms with van der Waals surface area (Å²) < 4.78 is 25.8. The highest BCUT2D eigenvalue weighted by atomic mass is 19.2. The van der Waals surface area contributed by atoms with E-state index in [0.29, 0.717) is 17.9 Å². The van der Waals surface area contributed by atoms with Crippen molar-refractivity contribution in [2.75, 3.05) is 7.05 Å². The molecule has 82 valence electrons. The van der Waals surface area contributed by atoms with E-state index in [9.17, 15) is 8.78 Å². The first-order valence-electron chi connectivity index (χ1n) is 5.25. The summed E-state index contributed by atoms with van der Waals surface area (Å²) >= 11 is 0. The summed E-state index contributed by atoms with van der Waals surface area (Å²) in [6, 6.07) is 4.72. The fraction of sp³-hybridized carbons (Fsp3) is 0.500. The molecule has 1 fully saturated rings. The SMILES string of the molecule is CNC1CC(c2ccc(F)c(F)c2)C1C. The van der Waals surface area contributed by atoms with Crippen LogP contribution in [0, 0.1) is 17.6 Å². The van der Waals surface area contributed by atoms with E-state index in [1.807, 2.05) is 7.05 Å². The van der Waals surface area contributed by atoms with Crippen molar-refractivity contribution in [2.24, 2.45) is 5.92 Å². The third kappa shape index (κ3) is 1.76. The molecule has 2 rings (SSSR count). The molecule has 15 heavy (non-hydrogen) atoms. The van der Waals surface area contributed by atoms with Gasteiger partial charge in [0.25, 0.3) is 0 Å². The van der Waals surface area contributed by atoms with Gasteiger partial charge in [-0.3, -0.25) is 0 Å². The van der Waals surface area contributed by atoms with E-state index in [4.69, 9.17) is 0 Å². The van der Waals surface area contributed by atoms with E-state index in [1.165, 1.54) is 12.1 Å². The first kappa shape index (κ1) is 10.6. The minimum atomic E-state index is -0.768. The highest BCUT2D eigenvalue weighted by Gasteiger charge is 2.37.